The summed E-state index contributed by atoms with van der Waals surface area (Å²) < 4.78 is 5.24. The summed E-state index contributed by atoms with van der Waals surface area (Å²) in [4.78, 5) is 11.0. The Labute approximate surface area is 110 Å². The molecule has 0 heterocycles. The van der Waals surface area contributed by atoms with Gasteiger partial charge < -0.3 is 9.84 Å². The number of aromatic carboxylic acids is 1. The number of benzene rings is 2. The van der Waals surface area contributed by atoms with Crippen LogP contribution in [0.15, 0.2) is 42.5 Å². The maximum atomic E-state index is 11.0. The quantitative estimate of drug-likeness (QED) is 0.912. The Balaban J connectivity index is 2.60. The molecule has 2 rings (SSSR count). The van der Waals surface area contributed by atoms with Crippen LogP contribution in [0.3, 0.4) is 0 Å². The number of hydrogen-bond donors (Lipinski definition) is 1. The second-order valence-electron chi connectivity index (χ2n) is 3.91. The summed E-state index contributed by atoms with van der Waals surface area (Å²) in [7, 11) is 1.53. The highest BCUT2D eigenvalue weighted by atomic mass is 16.5. The number of nitrogens with zero attached hydrogens (tertiary/aromatic N) is 1. The van der Waals surface area contributed by atoms with Crippen LogP contribution >= 0.6 is 0 Å². The second kappa shape index (κ2) is 5.23. The lowest BCUT2D eigenvalue weighted by Crippen LogP contribution is -1.96. The topological polar surface area (TPSA) is 70.3 Å². The molecule has 0 aromatic heterocycles. The molecular weight excluding hydrogens is 242 g/mol. The highest BCUT2D eigenvalue weighted by Crippen LogP contribution is 2.31. The van der Waals surface area contributed by atoms with Gasteiger partial charge >= 0.3 is 5.97 Å². The summed E-state index contributed by atoms with van der Waals surface area (Å²) in [5.74, 6) is -0.390. The van der Waals surface area contributed by atoms with Crippen LogP contribution in [-0.2, 0) is 0 Å². The average Bonchev–Trinajstić information content (AvgIpc) is 2.46. The van der Waals surface area contributed by atoms with E-state index in [9.17, 15) is 4.79 Å². The largest absolute Gasteiger partial charge is 0.496 e. The Morgan fingerprint density at radius 3 is 2.68 bits per heavy atom. The molecule has 0 radical (unpaired) electrons. The third kappa shape index (κ3) is 2.55. The smallest absolute Gasteiger partial charge is 0.335 e. The van der Waals surface area contributed by atoms with E-state index >= 15 is 0 Å². The number of methoxy groups -OCH3 is 1. The maximum Gasteiger partial charge on any atom is 0.335 e. The zero-order chi connectivity index (χ0) is 13.8. The van der Waals surface area contributed by atoms with Crippen LogP contribution in [0, 0.1) is 11.3 Å². The van der Waals surface area contributed by atoms with Crippen molar-refractivity contribution in [1.29, 1.82) is 5.26 Å². The zero-order valence-electron chi connectivity index (χ0n) is 10.3. The van der Waals surface area contributed by atoms with Gasteiger partial charge in [-0.1, -0.05) is 12.1 Å². The van der Waals surface area contributed by atoms with Crippen molar-refractivity contribution in [2.75, 3.05) is 7.11 Å². The first-order valence-electron chi connectivity index (χ1n) is 5.57. The van der Waals surface area contributed by atoms with Gasteiger partial charge in [-0.3, -0.25) is 0 Å². The zero-order valence-corrected chi connectivity index (χ0v) is 10.3. The van der Waals surface area contributed by atoms with Crippen molar-refractivity contribution >= 4 is 5.97 Å². The average molecular weight is 253 g/mol. The number of carboxylic acid groups (broad SMARTS) is 1. The van der Waals surface area contributed by atoms with E-state index in [1.165, 1.54) is 13.2 Å². The van der Waals surface area contributed by atoms with E-state index < -0.39 is 5.97 Å². The van der Waals surface area contributed by atoms with Crippen molar-refractivity contribution in [2.45, 2.75) is 0 Å². The fraction of sp³-hybridized carbons (Fsp3) is 0.0667. The number of rotatable bonds is 3. The Morgan fingerprint density at radius 1 is 1.26 bits per heavy atom. The highest BCUT2D eigenvalue weighted by molar-refractivity contribution is 5.89. The first kappa shape index (κ1) is 12.7. The fourth-order valence-corrected chi connectivity index (χ4v) is 1.82. The van der Waals surface area contributed by atoms with Gasteiger partial charge in [0.25, 0.3) is 0 Å². The predicted octanol–water partition coefficient (Wildman–Crippen LogP) is 2.93. The third-order valence-corrected chi connectivity index (χ3v) is 2.75. The minimum absolute atomic E-state index is 0.196. The van der Waals surface area contributed by atoms with Crippen molar-refractivity contribution in [3.8, 4) is 22.9 Å². The number of ether oxygens (including phenoxy) is 1. The normalized spacial score (nSPS) is 9.68. The molecular formula is C15H11NO3. The van der Waals surface area contributed by atoms with Crippen molar-refractivity contribution in [3.05, 3.63) is 53.6 Å². The molecule has 0 aliphatic carbocycles. The van der Waals surface area contributed by atoms with Gasteiger partial charge in [0.1, 0.15) is 5.75 Å². The van der Waals surface area contributed by atoms with E-state index in [2.05, 4.69) is 6.07 Å². The first-order valence-corrected chi connectivity index (χ1v) is 5.57. The maximum absolute atomic E-state index is 11.0. The van der Waals surface area contributed by atoms with E-state index in [-0.39, 0.29) is 5.56 Å². The molecule has 0 atom stereocenters. The van der Waals surface area contributed by atoms with Crippen LogP contribution in [0.25, 0.3) is 11.1 Å². The molecule has 0 aliphatic heterocycles. The molecule has 0 unspecified atom stereocenters. The van der Waals surface area contributed by atoms with Crippen molar-refractivity contribution in [3.63, 3.8) is 0 Å². The van der Waals surface area contributed by atoms with Crippen LogP contribution in [0.1, 0.15) is 15.9 Å². The van der Waals surface area contributed by atoms with Crippen LogP contribution in [0.2, 0.25) is 0 Å². The molecule has 1 N–H and O–H groups in total. The lowest BCUT2D eigenvalue weighted by Gasteiger charge is -2.09. The molecule has 0 spiro atoms. The summed E-state index contributed by atoms with van der Waals surface area (Å²) in [5, 5.41) is 17.9. The lowest BCUT2D eigenvalue weighted by atomic mass is 10.0. The molecule has 0 fully saturated rings. The number of carbonyl (C=O) groups is 1. The lowest BCUT2D eigenvalue weighted by molar-refractivity contribution is 0.0697. The first-order chi connectivity index (χ1) is 9.15. The van der Waals surface area contributed by atoms with E-state index in [0.29, 0.717) is 22.4 Å². The molecule has 94 valence electrons. The Morgan fingerprint density at radius 2 is 2.05 bits per heavy atom. The molecule has 2 aromatic rings. The summed E-state index contributed by atoms with van der Waals surface area (Å²) in [6.45, 7) is 0. The Kier molecular flexibility index (Phi) is 3.48. The molecule has 4 heteroatoms. The molecule has 0 saturated carbocycles. The van der Waals surface area contributed by atoms with Crippen molar-refractivity contribution < 1.29 is 14.6 Å². The van der Waals surface area contributed by atoms with E-state index in [1.54, 1.807) is 36.4 Å². The second-order valence-corrected chi connectivity index (χ2v) is 3.91. The van der Waals surface area contributed by atoms with Crippen LogP contribution < -0.4 is 4.74 Å². The van der Waals surface area contributed by atoms with E-state index in [1.807, 2.05) is 0 Å². The van der Waals surface area contributed by atoms with E-state index in [4.69, 9.17) is 15.1 Å². The Bertz CT molecular complexity index is 671. The molecule has 4 nitrogen and oxygen atoms in total. The monoisotopic (exact) mass is 253 g/mol. The minimum atomic E-state index is -0.989. The highest BCUT2D eigenvalue weighted by Gasteiger charge is 2.10. The molecule has 19 heavy (non-hydrogen) atoms. The van der Waals surface area contributed by atoms with Gasteiger partial charge in [-0.15, -0.1) is 0 Å². The molecule has 2 aromatic carbocycles. The van der Waals surface area contributed by atoms with Gasteiger partial charge in [0.05, 0.1) is 24.3 Å². The van der Waals surface area contributed by atoms with Gasteiger partial charge in [0.15, 0.2) is 0 Å². The molecule has 0 saturated heterocycles. The van der Waals surface area contributed by atoms with Gasteiger partial charge in [-0.25, -0.2) is 4.79 Å². The van der Waals surface area contributed by atoms with Crippen LogP contribution in [0.5, 0.6) is 5.75 Å². The van der Waals surface area contributed by atoms with E-state index in [0.717, 1.165) is 0 Å². The minimum Gasteiger partial charge on any atom is -0.496 e. The Hall–Kier alpha value is -2.80. The number of hydrogen-bond acceptors (Lipinski definition) is 3. The van der Waals surface area contributed by atoms with Gasteiger partial charge in [-0.2, -0.15) is 5.26 Å². The van der Waals surface area contributed by atoms with Crippen LogP contribution in [0.4, 0.5) is 0 Å². The van der Waals surface area contributed by atoms with Gasteiger partial charge in [0.2, 0.25) is 0 Å². The van der Waals surface area contributed by atoms with Crippen molar-refractivity contribution in [1.82, 2.24) is 0 Å². The molecule has 0 bridgehead atoms. The molecule has 0 aliphatic rings. The number of carboxylic acids is 1. The van der Waals surface area contributed by atoms with Gasteiger partial charge in [0, 0.05) is 5.56 Å². The van der Waals surface area contributed by atoms with Crippen molar-refractivity contribution in [2.24, 2.45) is 0 Å². The summed E-state index contributed by atoms with van der Waals surface area (Å²) in [5.41, 5.74) is 2.09. The SMILES string of the molecule is COc1ccc(C#N)cc1-c1cccc(C(=O)O)c1. The summed E-state index contributed by atoms with van der Waals surface area (Å²) >= 11 is 0. The fourth-order valence-electron chi connectivity index (χ4n) is 1.82. The standard InChI is InChI=1S/C15H11NO3/c1-19-14-6-5-10(9-16)7-13(14)11-3-2-4-12(8-11)15(17)18/h2-8H,1H3,(H,17,18). The molecule has 0 amide bonds. The van der Waals surface area contributed by atoms with Crippen LogP contribution in [-0.4, -0.2) is 18.2 Å². The predicted molar refractivity (Wildman–Crippen MR) is 70.1 cm³/mol. The van der Waals surface area contributed by atoms with Gasteiger partial charge in [-0.05, 0) is 35.9 Å². The third-order valence-electron chi connectivity index (χ3n) is 2.75. The number of nitriles is 1. The summed E-state index contributed by atoms with van der Waals surface area (Å²) in [6, 6.07) is 13.6. The summed E-state index contributed by atoms with van der Waals surface area (Å²) in [6.07, 6.45) is 0.